The van der Waals surface area contributed by atoms with Gasteiger partial charge in [0.2, 0.25) is 5.91 Å². The van der Waals surface area contributed by atoms with Crippen LogP contribution in [0.1, 0.15) is 11.3 Å². The minimum atomic E-state index is -0.235. The van der Waals surface area contributed by atoms with Crippen molar-refractivity contribution in [1.82, 2.24) is 25.1 Å². The molecule has 3 amide bonds. The molecule has 0 bridgehead atoms. The van der Waals surface area contributed by atoms with Crippen LogP contribution in [0, 0.1) is 6.92 Å². The standard InChI is InChI=1S/C21H22N8O2/c1-3-17(30)27-6-8-28(9-7-27)20-18-16(22-12-23-20)11-29(21(31)25-18)19-13(2)4-5-15-14(19)10-24-26-15/h3-5,10,12H,1,6-9,11H2,2H3,(H,24,26)(H,25,31). The molecule has 0 saturated carbocycles. The number of piperazine rings is 1. The van der Waals surface area contributed by atoms with Gasteiger partial charge in [-0.15, -0.1) is 0 Å². The van der Waals surface area contributed by atoms with Crippen LogP contribution in [0.3, 0.4) is 0 Å². The van der Waals surface area contributed by atoms with Crippen LogP contribution in [-0.4, -0.2) is 63.2 Å². The Morgan fingerprint density at radius 2 is 2.00 bits per heavy atom. The van der Waals surface area contributed by atoms with Gasteiger partial charge in [-0.25, -0.2) is 14.8 Å². The largest absolute Gasteiger partial charge is 0.351 e. The molecule has 4 heterocycles. The van der Waals surface area contributed by atoms with E-state index in [9.17, 15) is 9.59 Å². The molecule has 10 heteroatoms. The van der Waals surface area contributed by atoms with E-state index in [0.717, 1.165) is 27.8 Å². The van der Waals surface area contributed by atoms with Crippen molar-refractivity contribution in [3.63, 3.8) is 0 Å². The average Bonchev–Trinajstić information content (AvgIpc) is 3.27. The molecule has 5 rings (SSSR count). The summed E-state index contributed by atoms with van der Waals surface area (Å²) in [6, 6.07) is 3.68. The first-order valence-electron chi connectivity index (χ1n) is 10.1. The fraction of sp³-hybridized carbons (Fsp3) is 0.286. The molecule has 2 N–H and O–H groups in total. The third kappa shape index (κ3) is 3.16. The maximum Gasteiger partial charge on any atom is 0.326 e. The number of aryl methyl sites for hydroxylation is 1. The number of anilines is 3. The topological polar surface area (TPSA) is 110 Å². The summed E-state index contributed by atoms with van der Waals surface area (Å²) in [5, 5.41) is 11.0. The number of hydrogen-bond acceptors (Lipinski definition) is 6. The molecule has 0 unspecified atom stereocenters. The normalized spacial score (nSPS) is 16.3. The number of urea groups is 1. The molecular weight excluding hydrogens is 396 g/mol. The van der Waals surface area contributed by atoms with E-state index in [2.05, 4.69) is 37.0 Å². The maximum atomic E-state index is 13.1. The lowest BCUT2D eigenvalue weighted by atomic mass is 10.1. The zero-order valence-electron chi connectivity index (χ0n) is 17.1. The van der Waals surface area contributed by atoms with Gasteiger partial charge in [-0.2, -0.15) is 5.10 Å². The Hall–Kier alpha value is -3.95. The van der Waals surface area contributed by atoms with Crippen molar-refractivity contribution in [1.29, 1.82) is 0 Å². The van der Waals surface area contributed by atoms with Crippen molar-refractivity contribution in [2.45, 2.75) is 13.5 Å². The van der Waals surface area contributed by atoms with Crippen molar-refractivity contribution in [2.75, 3.05) is 41.3 Å². The molecule has 2 aliphatic rings. The fourth-order valence-electron chi connectivity index (χ4n) is 4.21. The number of nitrogens with zero attached hydrogens (tertiary/aromatic N) is 6. The summed E-state index contributed by atoms with van der Waals surface area (Å²) in [6.45, 7) is 8.24. The third-order valence-electron chi connectivity index (χ3n) is 5.82. The van der Waals surface area contributed by atoms with Crippen LogP contribution in [0.5, 0.6) is 0 Å². The number of rotatable bonds is 3. The summed E-state index contributed by atoms with van der Waals surface area (Å²) >= 11 is 0. The number of aromatic nitrogens is 4. The minimum absolute atomic E-state index is 0.0721. The number of amides is 3. The van der Waals surface area contributed by atoms with Gasteiger partial charge in [0.25, 0.3) is 0 Å². The van der Waals surface area contributed by atoms with Crippen LogP contribution < -0.4 is 15.1 Å². The van der Waals surface area contributed by atoms with Crippen LogP contribution in [0.25, 0.3) is 10.9 Å². The summed E-state index contributed by atoms with van der Waals surface area (Å²) in [5.74, 6) is 0.610. The first-order chi connectivity index (χ1) is 15.1. The number of carbonyl (C=O) groups excluding carboxylic acids is 2. The van der Waals surface area contributed by atoms with Crippen molar-refractivity contribution in [3.05, 3.63) is 48.6 Å². The Kier molecular flexibility index (Phi) is 4.54. The van der Waals surface area contributed by atoms with Crippen molar-refractivity contribution in [3.8, 4) is 0 Å². The highest BCUT2D eigenvalue weighted by atomic mass is 16.2. The Balaban J connectivity index is 1.45. The highest BCUT2D eigenvalue weighted by Crippen LogP contribution is 2.36. The molecule has 158 valence electrons. The number of nitrogens with one attached hydrogen (secondary N) is 2. The Bertz CT molecular complexity index is 1200. The highest BCUT2D eigenvalue weighted by molar-refractivity contribution is 6.10. The molecule has 10 nitrogen and oxygen atoms in total. The molecule has 2 aromatic heterocycles. The molecule has 0 spiro atoms. The molecular formula is C21H22N8O2. The van der Waals surface area contributed by atoms with E-state index < -0.39 is 0 Å². The quantitative estimate of drug-likeness (QED) is 0.630. The molecule has 0 atom stereocenters. The molecule has 3 aromatic rings. The van der Waals surface area contributed by atoms with Gasteiger partial charge in [-0.05, 0) is 24.6 Å². The number of fused-ring (bicyclic) bond motifs is 2. The predicted molar refractivity (Wildman–Crippen MR) is 117 cm³/mol. The molecule has 1 fully saturated rings. The number of carbonyl (C=O) groups is 2. The van der Waals surface area contributed by atoms with Gasteiger partial charge in [0.1, 0.15) is 12.0 Å². The number of hydrogen-bond donors (Lipinski definition) is 2. The van der Waals surface area contributed by atoms with Crippen LogP contribution in [0.2, 0.25) is 0 Å². The zero-order chi connectivity index (χ0) is 21.5. The number of benzene rings is 1. The van der Waals surface area contributed by atoms with E-state index >= 15 is 0 Å². The molecule has 1 saturated heterocycles. The van der Waals surface area contributed by atoms with Gasteiger partial charge in [-0.1, -0.05) is 12.6 Å². The Labute approximate surface area is 178 Å². The zero-order valence-corrected chi connectivity index (χ0v) is 17.1. The van der Waals surface area contributed by atoms with E-state index in [0.29, 0.717) is 44.2 Å². The van der Waals surface area contributed by atoms with E-state index in [1.165, 1.54) is 12.4 Å². The second-order valence-electron chi connectivity index (χ2n) is 7.61. The second kappa shape index (κ2) is 7.38. The van der Waals surface area contributed by atoms with Crippen LogP contribution in [0.15, 0.2) is 37.3 Å². The molecule has 1 aromatic carbocycles. The van der Waals surface area contributed by atoms with Crippen molar-refractivity contribution >= 4 is 40.0 Å². The van der Waals surface area contributed by atoms with Gasteiger partial charge >= 0.3 is 6.03 Å². The summed E-state index contributed by atoms with van der Waals surface area (Å²) in [7, 11) is 0. The SMILES string of the molecule is C=CC(=O)N1CCN(c2ncnc3c2NC(=O)N(c2c(C)ccc4[nH]ncc24)C3)CC1. The number of aromatic amines is 1. The predicted octanol–water partition coefficient (Wildman–Crippen LogP) is 2.05. The first kappa shape index (κ1) is 19.0. The molecule has 0 radical (unpaired) electrons. The second-order valence-corrected chi connectivity index (χ2v) is 7.61. The van der Waals surface area contributed by atoms with Crippen molar-refractivity contribution < 1.29 is 9.59 Å². The van der Waals surface area contributed by atoms with Gasteiger partial charge < -0.3 is 15.1 Å². The van der Waals surface area contributed by atoms with E-state index in [-0.39, 0.29) is 11.9 Å². The summed E-state index contributed by atoms with van der Waals surface area (Å²) in [4.78, 5) is 39.4. The summed E-state index contributed by atoms with van der Waals surface area (Å²) < 4.78 is 0. The van der Waals surface area contributed by atoms with E-state index in [4.69, 9.17) is 0 Å². The van der Waals surface area contributed by atoms with E-state index in [1.54, 1.807) is 16.0 Å². The van der Waals surface area contributed by atoms with Crippen LogP contribution in [0.4, 0.5) is 22.0 Å². The van der Waals surface area contributed by atoms with Gasteiger partial charge in [0, 0.05) is 31.6 Å². The lowest BCUT2D eigenvalue weighted by Gasteiger charge is -2.37. The Morgan fingerprint density at radius 3 is 2.77 bits per heavy atom. The maximum absolute atomic E-state index is 13.1. The molecule has 0 aliphatic carbocycles. The van der Waals surface area contributed by atoms with Crippen LogP contribution in [-0.2, 0) is 11.3 Å². The first-order valence-corrected chi connectivity index (χ1v) is 10.1. The third-order valence-corrected chi connectivity index (χ3v) is 5.82. The monoisotopic (exact) mass is 418 g/mol. The van der Waals surface area contributed by atoms with Gasteiger partial charge in [-0.3, -0.25) is 14.8 Å². The minimum Gasteiger partial charge on any atom is -0.351 e. The molecule has 2 aliphatic heterocycles. The van der Waals surface area contributed by atoms with Crippen LogP contribution >= 0.6 is 0 Å². The summed E-state index contributed by atoms with van der Waals surface area (Å²) in [6.07, 6.45) is 4.59. The summed E-state index contributed by atoms with van der Waals surface area (Å²) in [5.41, 5.74) is 4.03. The van der Waals surface area contributed by atoms with E-state index in [1.807, 2.05) is 19.1 Å². The number of H-pyrrole nitrogens is 1. The highest BCUT2D eigenvalue weighted by Gasteiger charge is 2.32. The Morgan fingerprint density at radius 1 is 1.19 bits per heavy atom. The fourth-order valence-corrected chi connectivity index (χ4v) is 4.21. The lowest BCUT2D eigenvalue weighted by molar-refractivity contribution is -0.126. The smallest absolute Gasteiger partial charge is 0.326 e. The van der Waals surface area contributed by atoms with Gasteiger partial charge in [0.15, 0.2) is 5.82 Å². The van der Waals surface area contributed by atoms with Gasteiger partial charge in [0.05, 0.1) is 29.6 Å². The van der Waals surface area contributed by atoms with Crippen molar-refractivity contribution in [2.24, 2.45) is 0 Å². The molecule has 31 heavy (non-hydrogen) atoms. The average molecular weight is 418 g/mol. The lowest BCUT2D eigenvalue weighted by Crippen LogP contribution is -2.49.